The number of furan rings is 1. The van der Waals surface area contributed by atoms with E-state index < -0.39 is 5.91 Å². The van der Waals surface area contributed by atoms with Gasteiger partial charge in [-0.1, -0.05) is 17.7 Å². The van der Waals surface area contributed by atoms with Gasteiger partial charge in [-0.3, -0.25) is 15.6 Å². The molecule has 4 rings (SSSR count). The van der Waals surface area contributed by atoms with Crippen LogP contribution in [0.15, 0.2) is 59.2 Å². The van der Waals surface area contributed by atoms with Crippen LogP contribution in [0.1, 0.15) is 21.9 Å². The van der Waals surface area contributed by atoms with E-state index in [0.29, 0.717) is 28.1 Å². The minimum absolute atomic E-state index is 0.188. The normalized spacial score (nSPS) is 10.7. The molecule has 0 aliphatic heterocycles. The third-order valence-electron chi connectivity index (χ3n) is 4.04. The average molecular weight is 409 g/mol. The molecule has 9 heteroatoms. The van der Waals surface area contributed by atoms with Crippen molar-refractivity contribution in [3.63, 3.8) is 0 Å². The Morgan fingerprint density at radius 1 is 1.07 bits per heavy atom. The number of amides is 1. The predicted molar refractivity (Wildman–Crippen MR) is 109 cm³/mol. The van der Waals surface area contributed by atoms with Crippen LogP contribution in [-0.4, -0.2) is 25.7 Å². The van der Waals surface area contributed by atoms with Crippen LogP contribution in [-0.2, 0) is 0 Å². The van der Waals surface area contributed by atoms with Crippen LogP contribution in [0.5, 0.6) is 0 Å². The SMILES string of the molecule is Cc1cc(C)nc(NNC(=O)c2cc(-c3ccco3)n(-c3cccc(Cl)c3)n2)n1. The fraction of sp³-hybridized carbons (Fsp3) is 0.100. The molecule has 0 fully saturated rings. The number of benzene rings is 1. The lowest BCUT2D eigenvalue weighted by atomic mass is 10.2. The first-order valence-corrected chi connectivity index (χ1v) is 9.16. The molecule has 146 valence electrons. The summed E-state index contributed by atoms with van der Waals surface area (Å²) >= 11 is 6.12. The Hall–Kier alpha value is -3.65. The summed E-state index contributed by atoms with van der Waals surface area (Å²) in [4.78, 5) is 21.1. The number of rotatable bonds is 5. The zero-order valence-corrected chi connectivity index (χ0v) is 16.4. The van der Waals surface area contributed by atoms with E-state index in [4.69, 9.17) is 16.0 Å². The van der Waals surface area contributed by atoms with Crippen molar-refractivity contribution >= 4 is 23.5 Å². The first kappa shape index (κ1) is 18.7. The summed E-state index contributed by atoms with van der Waals surface area (Å²) in [6.45, 7) is 3.70. The summed E-state index contributed by atoms with van der Waals surface area (Å²) in [7, 11) is 0. The number of aromatic nitrogens is 4. The van der Waals surface area contributed by atoms with E-state index in [1.807, 2.05) is 32.0 Å². The highest BCUT2D eigenvalue weighted by molar-refractivity contribution is 6.30. The topological polar surface area (TPSA) is 97.9 Å². The smallest absolute Gasteiger partial charge is 0.290 e. The molecule has 8 nitrogen and oxygen atoms in total. The second-order valence-electron chi connectivity index (χ2n) is 6.34. The molecule has 0 spiro atoms. The molecule has 0 aliphatic carbocycles. The van der Waals surface area contributed by atoms with Crippen molar-refractivity contribution in [2.75, 3.05) is 5.43 Å². The number of nitrogens with one attached hydrogen (secondary N) is 2. The van der Waals surface area contributed by atoms with E-state index in [1.165, 1.54) is 0 Å². The molecule has 0 radical (unpaired) electrons. The number of anilines is 1. The summed E-state index contributed by atoms with van der Waals surface area (Å²) in [6, 6.07) is 14.2. The van der Waals surface area contributed by atoms with Crippen molar-refractivity contribution in [3.8, 4) is 17.1 Å². The van der Waals surface area contributed by atoms with Gasteiger partial charge in [0.15, 0.2) is 11.5 Å². The van der Waals surface area contributed by atoms with Gasteiger partial charge in [-0.15, -0.1) is 0 Å². The summed E-state index contributed by atoms with van der Waals surface area (Å²) in [6.07, 6.45) is 1.56. The van der Waals surface area contributed by atoms with E-state index >= 15 is 0 Å². The zero-order valence-electron chi connectivity index (χ0n) is 15.7. The van der Waals surface area contributed by atoms with Gasteiger partial charge in [0.25, 0.3) is 5.91 Å². The highest BCUT2D eigenvalue weighted by Gasteiger charge is 2.18. The minimum atomic E-state index is -0.443. The second kappa shape index (κ2) is 7.76. The fourth-order valence-electron chi connectivity index (χ4n) is 2.86. The number of nitrogens with zero attached hydrogens (tertiary/aromatic N) is 4. The number of hydrazine groups is 1. The average Bonchev–Trinajstić information content (AvgIpc) is 3.35. The van der Waals surface area contributed by atoms with Crippen LogP contribution in [0.2, 0.25) is 5.02 Å². The zero-order chi connectivity index (χ0) is 20.4. The lowest BCUT2D eigenvalue weighted by Gasteiger charge is -2.07. The van der Waals surface area contributed by atoms with Crippen LogP contribution in [0.4, 0.5) is 5.95 Å². The highest BCUT2D eigenvalue weighted by Crippen LogP contribution is 2.25. The molecule has 29 heavy (non-hydrogen) atoms. The Kier molecular flexibility index (Phi) is 5.01. The molecule has 1 aromatic carbocycles. The standard InChI is InChI=1S/C20H17ClN6O2/c1-12-9-13(2)23-20(22-12)25-24-19(28)16-11-17(18-7-4-8-29-18)27(26-16)15-6-3-5-14(21)10-15/h3-11H,1-2H3,(H,24,28)(H,22,23,25). The van der Waals surface area contributed by atoms with Gasteiger partial charge in [0.05, 0.1) is 12.0 Å². The molecule has 4 aromatic rings. The van der Waals surface area contributed by atoms with Gasteiger partial charge >= 0.3 is 0 Å². The first-order chi connectivity index (χ1) is 14.0. The first-order valence-electron chi connectivity index (χ1n) is 8.78. The number of hydrogen-bond acceptors (Lipinski definition) is 6. The molecule has 1 amide bonds. The molecule has 3 heterocycles. The molecule has 2 N–H and O–H groups in total. The number of carbonyl (C=O) groups is 1. The molecular formula is C20H17ClN6O2. The van der Waals surface area contributed by atoms with Gasteiger partial charge in [-0.25, -0.2) is 14.6 Å². The Morgan fingerprint density at radius 3 is 2.55 bits per heavy atom. The maximum Gasteiger partial charge on any atom is 0.290 e. The largest absolute Gasteiger partial charge is 0.463 e. The van der Waals surface area contributed by atoms with E-state index in [1.54, 1.807) is 41.3 Å². The maximum atomic E-state index is 12.7. The van der Waals surface area contributed by atoms with Crippen molar-refractivity contribution in [3.05, 3.63) is 76.9 Å². The molecule has 3 aromatic heterocycles. The molecule has 0 saturated heterocycles. The van der Waals surface area contributed by atoms with E-state index in [0.717, 1.165) is 11.4 Å². The van der Waals surface area contributed by atoms with Crippen LogP contribution in [0, 0.1) is 13.8 Å². The Morgan fingerprint density at radius 2 is 1.86 bits per heavy atom. The molecule has 0 saturated carbocycles. The van der Waals surface area contributed by atoms with E-state index in [2.05, 4.69) is 25.9 Å². The molecule has 0 bridgehead atoms. The van der Waals surface area contributed by atoms with Gasteiger partial charge in [0.1, 0.15) is 5.69 Å². The van der Waals surface area contributed by atoms with Gasteiger partial charge in [0.2, 0.25) is 5.95 Å². The van der Waals surface area contributed by atoms with Crippen LogP contribution in [0.25, 0.3) is 17.1 Å². The van der Waals surface area contributed by atoms with Gasteiger partial charge in [0, 0.05) is 22.5 Å². The van der Waals surface area contributed by atoms with Crippen molar-refractivity contribution in [2.24, 2.45) is 0 Å². The number of hydrogen-bond donors (Lipinski definition) is 2. The number of carbonyl (C=O) groups excluding carboxylic acids is 1. The van der Waals surface area contributed by atoms with Crippen molar-refractivity contribution in [1.82, 2.24) is 25.2 Å². The van der Waals surface area contributed by atoms with Crippen molar-refractivity contribution < 1.29 is 9.21 Å². The molecular weight excluding hydrogens is 392 g/mol. The van der Waals surface area contributed by atoms with Gasteiger partial charge < -0.3 is 4.42 Å². The summed E-state index contributed by atoms with van der Waals surface area (Å²) in [5.74, 6) is 0.430. The maximum absolute atomic E-state index is 12.7. The molecule has 0 atom stereocenters. The summed E-state index contributed by atoms with van der Waals surface area (Å²) in [5.41, 5.74) is 8.38. The summed E-state index contributed by atoms with van der Waals surface area (Å²) in [5, 5.41) is 4.99. The summed E-state index contributed by atoms with van der Waals surface area (Å²) < 4.78 is 7.10. The van der Waals surface area contributed by atoms with E-state index in [-0.39, 0.29) is 5.69 Å². The lowest BCUT2D eigenvalue weighted by Crippen LogP contribution is -2.31. The van der Waals surface area contributed by atoms with Crippen LogP contribution >= 0.6 is 11.6 Å². The predicted octanol–water partition coefficient (Wildman–Crippen LogP) is 3.95. The van der Waals surface area contributed by atoms with Crippen molar-refractivity contribution in [1.29, 1.82) is 0 Å². The van der Waals surface area contributed by atoms with E-state index in [9.17, 15) is 4.79 Å². The second-order valence-corrected chi connectivity index (χ2v) is 6.77. The Bertz CT molecular complexity index is 1150. The fourth-order valence-corrected chi connectivity index (χ4v) is 3.04. The van der Waals surface area contributed by atoms with Gasteiger partial charge in [-0.05, 0) is 50.2 Å². The minimum Gasteiger partial charge on any atom is -0.463 e. The Balaban J connectivity index is 1.63. The quantitative estimate of drug-likeness (QED) is 0.485. The van der Waals surface area contributed by atoms with Crippen LogP contribution < -0.4 is 10.9 Å². The highest BCUT2D eigenvalue weighted by atomic mass is 35.5. The third-order valence-corrected chi connectivity index (χ3v) is 4.27. The monoisotopic (exact) mass is 408 g/mol. The number of aryl methyl sites for hydroxylation is 2. The lowest BCUT2D eigenvalue weighted by molar-refractivity contribution is 0.0957. The Labute approximate surface area is 171 Å². The molecule has 0 unspecified atom stereocenters. The molecule has 0 aliphatic rings. The van der Waals surface area contributed by atoms with Crippen LogP contribution in [0.3, 0.4) is 0 Å². The third kappa shape index (κ3) is 4.12. The van der Waals surface area contributed by atoms with Gasteiger partial charge in [-0.2, -0.15) is 5.10 Å². The number of halogens is 1. The van der Waals surface area contributed by atoms with Crippen molar-refractivity contribution in [2.45, 2.75) is 13.8 Å².